The first-order valence-electron chi connectivity index (χ1n) is 11.6. The molecule has 1 atom stereocenters. The molecule has 1 aliphatic carbocycles. The van der Waals surface area contributed by atoms with Crippen LogP contribution in [-0.4, -0.2) is 25.5 Å². The Kier molecular flexibility index (Phi) is 7.88. The second-order valence-electron chi connectivity index (χ2n) is 10.3. The van der Waals surface area contributed by atoms with E-state index in [0.29, 0.717) is 41.6 Å². The van der Waals surface area contributed by atoms with Crippen molar-refractivity contribution < 1.29 is 27.2 Å². The molecule has 0 aliphatic heterocycles. The van der Waals surface area contributed by atoms with Gasteiger partial charge in [0, 0.05) is 11.1 Å². The molecular formula is C27H34O6S. The summed E-state index contributed by atoms with van der Waals surface area (Å²) in [4.78, 5) is 12.2. The van der Waals surface area contributed by atoms with Gasteiger partial charge < -0.3 is 9.47 Å². The van der Waals surface area contributed by atoms with Gasteiger partial charge in [0.1, 0.15) is 16.4 Å². The van der Waals surface area contributed by atoms with E-state index in [1.54, 1.807) is 6.08 Å². The van der Waals surface area contributed by atoms with E-state index in [0.717, 1.165) is 6.42 Å². The van der Waals surface area contributed by atoms with Crippen LogP contribution in [0.3, 0.4) is 0 Å². The van der Waals surface area contributed by atoms with Gasteiger partial charge in [-0.15, -0.1) is 0 Å². The van der Waals surface area contributed by atoms with Crippen molar-refractivity contribution in [2.45, 2.75) is 64.7 Å². The van der Waals surface area contributed by atoms with E-state index in [4.69, 9.17) is 9.47 Å². The third-order valence-corrected chi connectivity index (χ3v) is 6.84. The lowest BCUT2D eigenvalue weighted by Crippen LogP contribution is -2.19. The van der Waals surface area contributed by atoms with E-state index >= 15 is 0 Å². The van der Waals surface area contributed by atoms with Crippen molar-refractivity contribution in [1.29, 1.82) is 0 Å². The Morgan fingerprint density at radius 1 is 1.09 bits per heavy atom. The second kappa shape index (κ2) is 10.3. The highest BCUT2D eigenvalue weighted by atomic mass is 32.2. The molecule has 6 nitrogen and oxygen atoms in total. The number of allylic oxidation sites excluding steroid dienone is 1. The highest BCUT2D eigenvalue weighted by Gasteiger charge is 2.24. The average molecular weight is 487 g/mol. The molecule has 0 aromatic heterocycles. The summed E-state index contributed by atoms with van der Waals surface area (Å²) in [5.74, 6) is 1.20. The third kappa shape index (κ3) is 6.70. The van der Waals surface area contributed by atoms with Crippen LogP contribution in [0.15, 0.2) is 47.4 Å². The van der Waals surface area contributed by atoms with Crippen molar-refractivity contribution in [2.24, 2.45) is 11.3 Å². The molecule has 0 saturated carbocycles. The third-order valence-electron chi connectivity index (χ3n) is 5.92. The summed E-state index contributed by atoms with van der Waals surface area (Å²) in [6.07, 6.45) is 5.71. The van der Waals surface area contributed by atoms with Gasteiger partial charge in [-0.05, 0) is 66.3 Å². The van der Waals surface area contributed by atoms with E-state index in [1.807, 2.05) is 30.3 Å². The van der Waals surface area contributed by atoms with E-state index in [-0.39, 0.29) is 22.7 Å². The molecule has 3 rings (SSSR count). The van der Waals surface area contributed by atoms with Gasteiger partial charge in [0.2, 0.25) is 0 Å². The Morgan fingerprint density at radius 2 is 1.76 bits per heavy atom. The van der Waals surface area contributed by atoms with Gasteiger partial charge >= 0.3 is 5.97 Å². The first-order valence-corrected chi connectivity index (χ1v) is 13.0. The number of ether oxygens (including phenoxy) is 2. The van der Waals surface area contributed by atoms with Gasteiger partial charge in [0.05, 0.1) is 0 Å². The SMILES string of the molecule is CC(C)C(CC(C)(C)C)c1ccc(OCC(=O)Oc2ccc(S(=O)(=O)O)c3c2CCC=C3)cc1. The normalized spacial score (nSPS) is 14.6. The van der Waals surface area contributed by atoms with Gasteiger partial charge in [-0.25, -0.2) is 4.79 Å². The molecule has 1 aliphatic rings. The fraction of sp³-hybridized carbons (Fsp3) is 0.444. The number of fused-ring (bicyclic) bond motifs is 1. The smallest absolute Gasteiger partial charge is 0.349 e. The number of hydrogen-bond acceptors (Lipinski definition) is 5. The van der Waals surface area contributed by atoms with Crippen LogP contribution in [0.5, 0.6) is 11.5 Å². The molecule has 0 spiro atoms. The number of hydrogen-bond donors (Lipinski definition) is 1. The molecule has 0 fully saturated rings. The summed E-state index contributed by atoms with van der Waals surface area (Å²) in [5.41, 5.74) is 2.40. The fourth-order valence-electron chi connectivity index (χ4n) is 4.32. The van der Waals surface area contributed by atoms with Crippen LogP contribution >= 0.6 is 0 Å². The van der Waals surface area contributed by atoms with Gasteiger partial charge in [0.25, 0.3) is 10.1 Å². The van der Waals surface area contributed by atoms with Gasteiger partial charge in [-0.3, -0.25) is 4.55 Å². The van der Waals surface area contributed by atoms with Crippen LogP contribution in [0.4, 0.5) is 0 Å². The fourth-order valence-corrected chi connectivity index (χ4v) is 5.03. The maximum Gasteiger partial charge on any atom is 0.349 e. The lowest BCUT2D eigenvalue weighted by Gasteiger charge is -2.29. The molecule has 34 heavy (non-hydrogen) atoms. The minimum absolute atomic E-state index is 0.194. The maximum atomic E-state index is 12.4. The molecule has 0 amide bonds. The van der Waals surface area contributed by atoms with Crippen LogP contribution < -0.4 is 9.47 Å². The summed E-state index contributed by atoms with van der Waals surface area (Å²) < 4.78 is 43.9. The number of carbonyl (C=O) groups is 1. The molecule has 7 heteroatoms. The van der Waals surface area contributed by atoms with Crippen LogP contribution in [0, 0.1) is 11.3 Å². The van der Waals surface area contributed by atoms with Crippen LogP contribution in [-0.2, 0) is 21.3 Å². The zero-order chi connectivity index (χ0) is 25.1. The molecule has 1 N–H and O–H groups in total. The monoisotopic (exact) mass is 486 g/mol. The number of carbonyl (C=O) groups excluding carboxylic acids is 1. The Balaban J connectivity index is 1.66. The summed E-state index contributed by atoms with van der Waals surface area (Å²) in [6.45, 7) is 10.9. The van der Waals surface area contributed by atoms with Crippen molar-refractivity contribution in [3.05, 3.63) is 59.2 Å². The molecule has 0 bridgehead atoms. The number of esters is 1. The zero-order valence-corrected chi connectivity index (χ0v) is 21.3. The topological polar surface area (TPSA) is 89.9 Å². The summed E-state index contributed by atoms with van der Waals surface area (Å²) in [5, 5.41) is 0. The van der Waals surface area contributed by atoms with E-state index < -0.39 is 16.1 Å². The van der Waals surface area contributed by atoms with Crippen LogP contribution in [0.2, 0.25) is 0 Å². The summed E-state index contributed by atoms with van der Waals surface area (Å²) in [7, 11) is -4.38. The molecular weight excluding hydrogens is 452 g/mol. The lowest BCUT2D eigenvalue weighted by atomic mass is 9.76. The summed E-state index contributed by atoms with van der Waals surface area (Å²) >= 11 is 0. The maximum absolute atomic E-state index is 12.4. The molecule has 1 unspecified atom stereocenters. The van der Waals surface area contributed by atoms with Crippen molar-refractivity contribution in [3.63, 3.8) is 0 Å². The molecule has 184 valence electrons. The second-order valence-corrected chi connectivity index (χ2v) is 11.7. The molecule has 2 aromatic rings. The van der Waals surface area contributed by atoms with Crippen molar-refractivity contribution >= 4 is 22.2 Å². The first-order chi connectivity index (χ1) is 15.8. The Labute approximate surface area is 202 Å². The number of benzene rings is 2. The van der Waals surface area contributed by atoms with Gasteiger partial charge in [0.15, 0.2) is 6.61 Å². The molecule has 2 aromatic carbocycles. The van der Waals surface area contributed by atoms with Crippen molar-refractivity contribution in [2.75, 3.05) is 6.61 Å². The van der Waals surface area contributed by atoms with Crippen molar-refractivity contribution in [3.8, 4) is 11.5 Å². The molecule has 0 heterocycles. The summed E-state index contributed by atoms with van der Waals surface area (Å²) in [6, 6.07) is 10.5. The largest absolute Gasteiger partial charge is 0.482 e. The highest BCUT2D eigenvalue weighted by Crippen LogP contribution is 2.37. The van der Waals surface area contributed by atoms with Gasteiger partial charge in [-0.1, -0.05) is 58.9 Å². The predicted octanol–water partition coefficient (Wildman–Crippen LogP) is 6.05. The lowest BCUT2D eigenvalue weighted by molar-refractivity contribution is -0.136. The molecule has 0 saturated heterocycles. The first kappa shape index (κ1) is 26.0. The van der Waals surface area contributed by atoms with Crippen LogP contribution in [0.1, 0.15) is 70.1 Å². The zero-order valence-electron chi connectivity index (χ0n) is 20.5. The molecule has 0 radical (unpaired) electrons. The Bertz CT molecular complexity index is 1150. The highest BCUT2D eigenvalue weighted by molar-refractivity contribution is 7.86. The minimum Gasteiger partial charge on any atom is -0.482 e. The Morgan fingerprint density at radius 3 is 2.35 bits per heavy atom. The Hall–Kier alpha value is -2.64. The van der Waals surface area contributed by atoms with Crippen LogP contribution in [0.25, 0.3) is 6.08 Å². The minimum atomic E-state index is -4.38. The standard InChI is InChI=1S/C27H34O6S/c1-18(2)23(16-27(3,4)5)19-10-12-20(13-11-19)32-17-26(28)33-24-14-15-25(34(29,30)31)22-9-7-6-8-21(22)24/h7,9-15,18,23H,6,8,16-17H2,1-5H3,(H,29,30,31). The van der Waals surface area contributed by atoms with E-state index in [1.165, 1.54) is 17.7 Å². The average Bonchev–Trinajstić information content (AvgIpc) is 2.75. The van der Waals surface area contributed by atoms with Crippen molar-refractivity contribution in [1.82, 2.24) is 0 Å². The predicted molar refractivity (Wildman–Crippen MR) is 133 cm³/mol. The van der Waals surface area contributed by atoms with E-state index in [9.17, 15) is 17.8 Å². The van der Waals surface area contributed by atoms with E-state index in [2.05, 4.69) is 34.6 Å². The quantitative estimate of drug-likeness (QED) is 0.277. The number of rotatable bonds is 8. The van der Waals surface area contributed by atoms with Gasteiger partial charge in [-0.2, -0.15) is 8.42 Å².